The third kappa shape index (κ3) is 8.21. The van der Waals surface area contributed by atoms with Gasteiger partial charge in [-0.25, -0.2) is 0 Å². The molecular weight excluding hydrogens is 466 g/mol. The van der Waals surface area contributed by atoms with Crippen molar-refractivity contribution in [3.8, 4) is 5.75 Å². The van der Waals surface area contributed by atoms with E-state index in [1.165, 1.54) is 25.7 Å². The molecule has 9 nitrogen and oxygen atoms in total. The summed E-state index contributed by atoms with van der Waals surface area (Å²) in [5.41, 5.74) is 0.651. The van der Waals surface area contributed by atoms with E-state index in [2.05, 4.69) is 45.4 Å². The number of nitrogens with one attached hydrogen (secondary N) is 2. The van der Waals surface area contributed by atoms with Gasteiger partial charge in [0, 0.05) is 64.0 Å². The van der Waals surface area contributed by atoms with Gasteiger partial charge < -0.3 is 30.1 Å². The van der Waals surface area contributed by atoms with Gasteiger partial charge in [-0.05, 0) is 63.4 Å². The number of hydrogen-bond acceptors (Lipinski definition) is 8. The number of carbonyl (C=O) groups is 1. The maximum atomic E-state index is 12.5. The molecule has 3 heterocycles. The van der Waals surface area contributed by atoms with E-state index in [1.54, 1.807) is 0 Å². The number of carbonyl (C=O) groups excluding carboxylic acids is 1. The van der Waals surface area contributed by atoms with Crippen molar-refractivity contribution in [2.45, 2.75) is 45.4 Å². The average Bonchev–Trinajstić information content (AvgIpc) is 3.64. The van der Waals surface area contributed by atoms with Crippen LogP contribution in [-0.2, 0) is 0 Å². The SMILES string of the molecule is CCCCOc1ccc(C(=O)NCCN(C)CCNc2cc(N3CCCC3)nc(N3CCCC3)n2)cc1. The van der Waals surface area contributed by atoms with Gasteiger partial charge in [-0.3, -0.25) is 4.79 Å². The second-order valence-corrected chi connectivity index (χ2v) is 10.0. The van der Waals surface area contributed by atoms with E-state index < -0.39 is 0 Å². The molecule has 1 aromatic carbocycles. The van der Waals surface area contributed by atoms with Gasteiger partial charge in [-0.1, -0.05) is 13.3 Å². The minimum absolute atomic E-state index is 0.0588. The Labute approximate surface area is 221 Å². The van der Waals surface area contributed by atoms with E-state index in [0.29, 0.717) is 18.7 Å². The first-order chi connectivity index (χ1) is 18.1. The van der Waals surface area contributed by atoms with Crippen molar-refractivity contribution >= 4 is 23.5 Å². The summed E-state index contributed by atoms with van der Waals surface area (Å²) < 4.78 is 5.67. The molecule has 0 unspecified atom stereocenters. The van der Waals surface area contributed by atoms with Crippen LogP contribution in [0, 0.1) is 0 Å². The van der Waals surface area contributed by atoms with Gasteiger partial charge in [0.05, 0.1) is 6.61 Å². The van der Waals surface area contributed by atoms with Crippen LogP contribution in [0.4, 0.5) is 17.6 Å². The summed E-state index contributed by atoms with van der Waals surface area (Å²) in [5, 5.41) is 6.52. The Morgan fingerprint density at radius 1 is 0.973 bits per heavy atom. The van der Waals surface area contributed by atoms with Crippen molar-refractivity contribution in [1.82, 2.24) is 20.2 Å². The molecule has 37 heavy (non-hydrogen) atoms. The molecule has 0 spiro atoms. The predicted molar refractivity (Wildman–Crippen MR) is 150 cm³/mol. The summed E-state index contributed by atoms with van der Waals surface area (Å²) in [6, 6.07) is 9.45. The van der Waals surface area contributed by atoms with Crippen LogP contribution in [0.25, 0.3) is 0 Å². The van der Waals surface area contributed by atoms with E-state index >= 15 is 0 Å². The quantitative estimate of drug-likeness (QED) is 0.374. The van der Waals surface area contributed by atoms with E-state index in [-0.39, 0.29) is 5.91 Å². The van der Waals surface area contributed by atoms with Gasteiger partial charge in [0.1, 0.15) is 17.4 Å². The molecule has 0 radical (unpaired) electrons. The lowest BCUT2D eigenvalue weighted by Gasteiger charge is -2.22. The number of aromatic nitrogens is 2. The van der Waals surface area contributed by atoms with Gasteiger partial charge in [0.25, 0.3) is 5.91 Å². The summed E-state index contributed by atoms with van der Waals surface area (Å²) in [5.74, 6) is 3.52. The number of ether oxygens (including phenoxy) is 1. The highest BCUT2D eigenvalue weighted by molar-refractivity contribution is 5.94. The lowest BCUT2D eigenvalue weighted by molar-refractivity contribution is 0.0950. The number of unbranched alkanes of at least 4 members (excludes halogenated alkanes) is 1. The molecule has 2 aliphatic rings. The summed E-state index contributed by atoms with van der Waals surface area (Å²) in [4.78, 5) is 29.1. The number of anilines is 3. The topological polar surface area (TPSA) is 85.9 Å². The number of amides is 1. The van der Waals surface area contributed by atoms with Crippen LogP contribution >= 0.6 is 0 Å². The Balaban J connectivity index is 1.19. The lowest BCUT2D eigenvalue weighted by atomic mass is 10.2. The van der Waals surface area contributed by atoms with Crippen molar-refractivity contribution in [3.63, 3.8) is 0 Å². The third-order valence-electron chi connectivity index (χ3n) is 6.98. The highest BCUT2D eigenvalue weighted by Gasteiger charge is 2.20. The average molecular weight is 510 g/mol. The number of hydrogen-bond donors (Lipinski definition) is 2. The van der Waals surface area contributed by atoms with E-state index in [0.717, 1.165) is 82.0 Å². The number of nitrogens with zero attached hydrogens (tertiary/aromatic N) is 5. The molecule has 2 aliphatic heterocycles. The molecule has 0 atom stereocenters. The molecule has 2 saturated heterocycles. The molecule has 4 rings (SSSR count). The minimum atomic E-state index is -0.0588. The van der Waals surface area contributed by atoms with Crippen molar-refractivity contribution in [3.05, 3.63) is 35.9 Å². The van der Waals surface area contributed by atoms with Crippen LogP contribution in [0.15, 0.2) is 30.3 Å². The van der Waals surface area contributed by atoms with Crippen molar-refractivity contribution in [1.29, 1.82) is 0 Å². The zero-order chi connectivity index (χ0) is 25.9. The fraction of sp³-hybridized carbons (Fsp3) is 0.607. The highest BCUT2D eigenvalue weighted by Crippen LogP contribution is 2.25. The summed E-state index contributed by atoms with van der Waals surface area (Å²) in [7, 11) is 2.07. The first-order valence-corrected chi connectivity index (χ1v) is 13.9. The fourth-order valence-electron chi connectivity index (χ4n) is 4.67. The van der Waals surface area contributed by atoms with Crippen LogP contribution in [0.1, 0.15) is 55.8 Å². The van der Waals surface area contributed by atoms with Crippen LogP contribution in [0.3, 0.4) is 0 Å². The van der Waals surface area contributed by atoms with Crippen molar-refractivity contribution < 1.29 is 9.53 Å². The predicted octanol–water partition coefficient (Wildman–Crippen LogP) is 3.63. The minimum Gasteiger partial charge on any atom is -0.494 e. The molecule has 202 valence electrons. The normalized spacial score (nSPS) is 15.4. The van der Waals surface area contributed by atoms with Crippen LogP contribution in [0.2, 0.25) is 0 Å². The highest BCUT2D eigenvalue weighted by atomic mass is 16.5. The van der Waals surface area contributed by atoms with Crippen LogP contribution in [-0.4, -0.2) is 86.8 Å². The summed E-state index contributed by atoms with van der Waals surface area (Å²) in [6.45, 7) is 10.0. The second kappa shape index (κ2) is 14.0. The first kappa shape index (κ1) is 27.0. The van der Waals surface area contributed by atoms with E-state index in [1.807, 2.05) is 24.3 Å². The largest absolute Gasteiger partial charge is 0.494 e. The van der Waals surface area contributed by atoms with E-state index in [9.17, 15) is 4.79 Å². The van der Waals surface area contributed by atoms with Gasteiger partial charge in [-0.15, -0.1) is 0 Å². The van der Waals surface area contributed by atoms with Gasteiger partial charge in [0.15, 0.2) is 0 Å². The maximum absolute atomic E-state index is 12.5. The third-order valence-corrected chi connectivity index (χ3v) is 6.98. The molecule has 9 heteroatoms. The molecule has 2 fully saturated rings. The van der Waals surface area contributed by atoms with Crippen molar-refractivity contribution in [2.24, 2.45) is 0 Å². The maximum Gasteiger partial charge on any atom is 0.251 e. The van der Waals surface area contributed by atoms with Crippen LogP contribution < -0.4 is 25.2 Å². The van der Waals surface area contributed by atoms with Gasteiger partial charge in [-0.2, -0.15) is 9.97 Å². The summed E-state index contributed by atoms with van der Waals surface area (Å²) >= 11 is 0. The Kier molecular flexibility index (Phi) is 10.2. The Morgan fingerprint density at radius 2 is 1.65 bits per heavy atom. The van der Waals surface area contributed by atoms with Crippen molar-refractivity contribution in [2.75, 3.05) is 81.1 Å². The Morgan fingerprint density at radius 3 is 2.35 bits per heavy atom. The van der Waals surface area contributed by atoms with E-state index in [4.69, 9.17) is 14.7 Å². The van der Waals surface area contributed by atoms with Gasteiger partial charge >= 0.3 is 0 Å². The fourth-order valence-corrected chi connectivity index (χ4v) is 4.67. The zero-order valence-electron chi connectivity index (χ0n) is 22.5. The number of rotatable bonds is 14. The number of likely N-dealkylation sites (N-methyl/N-ethyl adjacent to an activating group) is 1. The smallest absolute Gasteiger partial charge is 0.251 e. The molecule has 1 amide bonds. The molecule has 0 saturated carbocycles. The molecule has 0 bridgehead atoms. The molecule has 2 aromatic rings. The van der Waals surface area contributed by atoms with Gasteiger partial charge in [0.2, 0.25) is 5.95 Å². The standard InChI is InChI=1S/C28H43N7O2/c1-3-4-21-37-24-11-9-23(10-12-24)27(36)30-14-20-33(2)19-13-29-25-22-26(34-15-5-6-16-34)32-28(31-25)35-17-7-8-18-35/h9-12,22H,3-8,13-21H2,1-2H3,(H,30,36)(H,29,31,32). The zero-order valence-corrected chi connectivity index (χ0v) is 22.5. The molecule has 2 N–H and O–H groups in total. The first-order valence-electron chi connectivity index (χ1n) is 13.9. The number of benzene rings is 1. The monoisotopic (exact) mass is 509 g/mol. The molecule has 1 aromatic heterocycles. The Bertz CT molecular complexity index is 939. The lowest BCUT2D eigenvalue weighted by Crippen LogP contribution is -2.35. The summed E-state index contributed by atoms with van der Waals surface area (Å²) in [6.07, 6.45) is 7.01. The second-order valence-electron chi connectivity index (χ2n) is 10.0. The Hall–Kier alpha value is -3.07. The molecule has 0 aliphatic carbocycles. The van der Waals surface area contributed by atoms with Crippen LogP contribution in [0.5, 0.6) is 5.75 Å². The molecular formula is C28H43N7O2.